The summed E-state index contributed by atoms with van der Waals surface area (Å²) in [7, 11) is -4.07. The fourth-order valence-electron chi connectivity index (χ4n) is 1.29. The minimum absolute atomic E-state index is 0.0621. The van der Waals surface area contributed by atoms with Crippen LogP contribution in [0.3, 0.4) is 0 Å². The van der Waals surface area contributed by atoms with E-state index in [2.05, 4.69) is 0 Å². The van der Waals surface area contributed by atoms with Crippen LogP contribution in [0.25, 0.3) is 0 Å². The Morgan fingerprint density at radius 2 is 1.95 bits per heavy atom. The molecule has 0 saturated carbocycles. The van der Waals surface area contributed by atoms with Gasteiger partial charge in [0.2, 0.25) is 5.91 Å². The highest BCUT2D eigenvalue weighted by Crippen LogP contribution is 2.27. The molecule has 0 saturated heterocycles. The van der Waals surface area contributed by atoms with Gasteiger partial charge < -0.3 is 11.5 Å². The molecule has 0 heterocycles. The first-order chi connectivity index (χ1) is 8.66. The number of hydrogen-bond acceptors (Lipinski definition) is 5. The SMILES string of the molecule is CC(C(=O)NC(N)=O)S(=O)(=O)c1cc(N)ccc1Cl. The molecule has 3 amide bonds. The van der Waals surface area contributed by atoms with E-state index in [0.717, 1.165) is 13.0 Å². The van der Waals surface area contributed by atoms with Crippen molar-refractivity contribution in [2.45, 2.75) is 17.1 Å². The monoisotopic (exact) mass is 305 g/mol. The average molecular weight is 306 g/mol. The molecule has 0 bridgehead atoms. The van der Waals surface area contributed by atoms with Crippen LogP contribution in [-0.4, -0.2) is 25.6 Å². The third-order valence-electron chi connectivity index (χ3n) is 2.34. The van der Waals surface area contributed by atoms with Crippen LogP contribution < -0.4 is 16.8 Å². The number of primary amides is 1. The van der Waals surface area contributed by atoms with Crippen molar-refractivity contribution in [2.24, 2.45) is 5.73 Å². The molecule has 1 atom stereocenters. The molecular formula is C10H12ClN3O4S. The predicted molar refractivity (Wildman–Crippen MR) is 70.2 cm³/mol. The van der Waals surface area contributed by atoms with Crippen LogP contribution in [0.1, 0.15) is 6.92 Å². The molecule has 9 heteroatoms. The first-order valence-corrected chi connectivity index (χ1v) is 6.98. The van der Waals surface area contributed by atoms with Gasteiger partial charge in [-0.25, -0.2) is 13.2 Å². The van der Waals surface area contributed by atoms with Gasteiger partial charge in [0.15, 0.2) is 9.84 Å². The van der Waals surface area contributed by atoms with Gasteiger partial charge in [0, 0.05) is 5.69 Å². The number of carbonyl (C=O) groups excluding carboxylic acids is 2. The third-order valence-corrected chi connectivity index (χ3v) is 4.88. The van der Waals surface area contributed by atoms with Gasteiger partial charge in [-0.2, -0.15) is 0 Å². The zero-order valence-electron chi connectivity index (χ0n) is 9.88. The maximum Gasteiger partial charge on any atom is 0.318 e. The second-order valence-electron chi connectivity index (χ2n) is 3.73. The van der Waals surface area contributed by atoms with E-state index in [0.29, 0.717) is 0 Å². The van der Waals surface area contributed by atoms with Crippen molar-refractivity contribution >= 4 is 39.1 Å². The van der Waals surface area contributed by atoms with Gasteiger partial charge in [-0.3, -0.25) is 10.1 Å². The Morgan fingerprint density at radius 1 is 1.37 bits per heavy atom. The predicted octanol–water partition coefficient (Wildman–Crippen LogP) is 0.279. The van der Waals surface area contributed by atoms with Crippen LogP contribution in [0, 0.1) is 0 Å². The Balaban J connectivity index is 3.20. The molecule has 1 aromatic rings. The van der Waals surface area contributed by atoms with E-state index in [1.54, 1.807) is 5.32 Å². The molecule has 1 rings (SSSR count). The first-order valence-electron chi connectivity index (χ1n) is 5.05. The molecule has 5 N–H and O–H groups in total. The zero-order chi connectivity index (χ0) is 14.8. The van der Waals surface area contributed by atoms with E-state index in [1.807, 2.05) is 0 Å². The summed E-state index contributed by atoms with van der Waals surface area (Å²) in [6, 6.07) is 2.75. The van der Waals surface area contributed by atoms with E-state index in [1.165, 1.54) is 12.1 Å². The summed E-state index contributed by atoms with van der Waals surface area (Å²) in [4.78, 5) is 21.8. The van der Waals surface area contributed by atoms with Gasteiger partial charge in [-0.15, -0.1) is 0 Å². The third kappa shape index (κ3) is 3.36. The molecular weight excluding hydrogens is 294 g/mol. The number of sulfone groups is 1. The number of rotatable bonds is 3. The largest absolute Gasteiger partial charge is 0.399 e. The lowest BCUT2D eigenvalue weighted by atomic mass is 10.3. The van der Waals surface area contributed by atoms with Gasteiger partial charge in [-0.05, 0) is 25.1 Å². The molecule has 7 nitrogen and oxygen atoms in total. The summed E-state index contributed by atoms with van der Waals surface area (Å²) in [6.45, 7) is 1.12. The summed E-state index contributed by atoms with van der Waals surface area (Å²) < 4.78 is 24.4. The maximum atomic E-state index is 12.2. The van der Waals surface area contributed by atoms with E-state index in [-0.39, 0.29) is 15.6 Å². The summed E-state index contributed by atoms with van der Waals surface area (Å²) in [5.74, 6) is -1.04. The Bertz CT molecular complexity index is 630. The van der Waals surface area contributed by atoms with Crippen molar-refractivity contribution in [1.29, 1.82) is 0 Å². The minimum Gasteiger partial charge on any atom is -0.399 e. The number of imide groups is 1. The van der Waals surface area contributed by atoms with Crippen LogP contribution >= 0.6 is 11.6 Å². The molecule has 0 aliphatic carbocycles. The van der Waals surface area contributed by atoms with Crippen LogP contribution in [-0.2, 0) is 14.6 Å². The average Bonchev–Trinajstić information content (AvgIpc) is 2.30. The van der Waals surface area contributed by atoms with Crippen LogP contribution in [0.4, 0.5) is 10.5 Å². The lowest BCUT2D eigenvalue weighted by Crippen LogP contribution is -2.43. The summed E-state index contributed by atoms with van der Waals surface area (Å²) in [6.07, 6.45) is 0. The Morgan fingerprint density at radius 3 is 2.47 bits per heavy atom. The van der Waals surface area contributed by atoms with Crippen LogP contribution in [0.2, 0.25) is 5.02 Å². The van der Waals surface area contributed by atoms with Gasteiger partial charge in [0.1, 0.15) is 5.25 Å². The number of urea groups is 1. The quantitative estimate of drug-likeness (QED) is 0.690. The number of nitrogens with two attached hydrogens (primary N) is 2. The molecule has 0 aliphatic heterocycles. The second-order valence-corrected chi connectivity index (χ2v) is 6.37. The molecule has 1 aromatic carbocycles. The van der Waals surface area contributed by atoms with Gasteiger partial charge in [0.05, 0.1) is 9.92 Å². The number of halogens is 1. The highest BCUT2D eigenvalue weighted by atomic mass is 35.5. The van der Waals surface area contributed by atoms with Gasteiger partial charge in [-0.1, -0.05) is 11.6 Å². The number of amides is 3. The molecule has 0 fully saturated rings. The van der Waals surface area contributed by atoms with Crippen LogP contribution in [0.5, 0.6) is 0 Å². The van der Waals surface area contributed by atoms with Crippen LogP contribution in [0.15, 0.2) is 23.1 Å². The molecule has 0 radical (unpaired) electrons. The molecule has 0 spiro atoms. The molecule has 1 unspecified atom stereocenters. The molecule has 104 valence electrons. The van der Waals surface area contributed by atoms with Crippen molar-refractivity contribution in [2.75, 3.05) is 5.73 Å². The number of nitrogen functional groups attached to an aromatic ring is 1. The number of anilines is 1. The zero-order valence-corrected chi connectivity index (χ0v) is 11.5. The van der Waals surface area contributed by atoms with Crippen molar-refractivity contribution < 1.29 is 18.0 Å². The number of hydrogen-bond donors (Lipinski definition) is 3. The number of benzene rings is 1. The fraction of sp³-hybridized carbons (Fsp3) is 0.200. The molecule has 0 aromatic heterocycles. The van der Waals surface area contributed by atoms with E-state index < -0.39 is 27.0 Å². The molecule has 19 heavy (non-hydrogen) atoms. The number of nitrogens with one attached hydrogen (secondary N) is 1. The highest BCUT2D eigenvalue weighted by molar-refractivity contribution is 7.93. The summed E-state index contributed by atoms with van der Waals surface area (Å²) in [5, 5.41) is 0.108. The van der Waals surface area contributed by atoms with Crippen molar-refractivity contribution in [3.63, 3.8) is 0 Å². The molecule has 0 aliphatic rings. The summed E-state index contributed by atoms with van der Waals surface area (Å²) >= 11 is 5.78. The Hall–Kier alpha value is -1.80. The standard InChI is InChI=1S/C10H12ClN3O4S/c1-5(9(15)14-10(13)16)19(17,18)8-4-6(12)2-3-7(8)11/h2-5H,12H2,1H3,(H3,13,14,15,16). The minimum atomic E-state index is -4.07. The number of carbonyl (C=O) groups is 2. The van der Waals surface area contributed by atoms with Crippen molar-refractivity contribution in [1.82, 2.24) is 5.32 Å². The lowest BCUT2D eigenvalue weighted by molar-refractivity contribution is -0.119. The summed E-state index contributed by atoms with van der Waals surface area (Å²) in [5.41, 5.74) is 10.4. The van der Waals surface area contributed by atoms with E-state index in [9.17, 15) is 18.0 Å². The second kappa shape index (κ2) is 5.45. The topological polar surface area (TPSA) is 132 Å². The Labute approximate surface area is 114 Å². The smallest absolute Gasteiger partial charge is 0.318 e. The lowest BCUT2D eigenvalue weighted by Gasteiger charge is -2.13. The normalized spacial score (nSPS) is 12.7. The van der Waals surface area contributed by atoms with Gasteiger partial charge in [0.25, 0.3) is 0 Å². The van der Waals surface area contributed by atoms with Crippen molar-refractivity contribution in [3.05, 3.63) is 23.2 Å². The maximum absolute atomic E-state index is 12.2. The van der Waals surface area contributed by atoms with E-state index in [4.69, 9.17) is 23.1 Å². The van der Waals surface area contributed by atoms with E-state index >= 15 is 0 Å². The highest BCUT2D eigenvalue weighted by Gasteiger charge is 2.32. The van der Waals surface area contributed by atoms with Gasteiger partial charge >= 0.3 is 6.03 Å². The Kier molecular flexibility index (Phi) is 4.38. The van der Waals surface area contributed by atoms with Crippen molar-refractivity contribution in [3.8, 4) is 0 Å². The first kappa shape index (κ1) is 15.3. The fourth-order valence-corrected chi connectivity index (χ4v) is 3.09.